The number of hydrogen-bond donors (Lipinski definition) is 1. The molecule has 9 heteroatoms. The zero-order valence-corrected chi connectivity index (χ0v) is 22.0. The summed E-state index contributed by atoms with van der Waals surface area (Å²) in [5.41, 5.74) is -0.0150. The van der Waals surface area contributed by atoms with Gasteiger partial charge in [-0.2, -0.15) is 0 Å². The van der Waals surface area contributed by atoms with Crippen LogP contribution in [0.3, 0.4) is 0 Å². The molecule has 1 aliphatic carbocycles. The van der Waals surface area contributed by atoms with Crippen molar-refractivity contribution in [3.63, 3.8) is 0 Å². The molecule has 2 saturated heterocycles. The number of hydrogen-bond acceptors (Lipinski definition) is 7. The molecule has 0 bridgehead atoms. The first kappa shape index (κ1) is 28.3. The lowest BCUT2D eigenvalue weighted by Gasteiger charge is -2.35. The van der Waals surface area contributed by atoms with E-state index in [0.29, 0.717) is 18.1 Å². The van der Waals surface area contributed by atoms with Crippen molar-refractivity contribution in [2.24, 2.45) is 5.92 Å². The molecule has 1 N–H and O–H groups in total. The Morgan fingerprint density at radius 2 is 1.36 bits per heavy atom. The number of sulfone groups is 1. The van der Waals surface area contributed by atoms with Gasteiger partial charge in [-0.1, -0.05) is 26.0 Å². The predicted octanol–water partition coefficient (Wildman–Crippen LogP) is 3.33. The standard InChI is InChI=1S/C21H31BO6S.C2H6.CH4O/c1-19(2)20(3,4)28-22(27-19)17-5-7-18(8-6-17)29(23,24)15-16-9-11-21(12-10-16)25-13-14-26-21;2*1-2/h5-8,16H,9-15H2,1-4H3;1-2H3;2H,1H3. The van der Waals surface area contributed by atoms with E-state index in [1.54, 1.807) is 24.3 Å². The van der Waals surface area contributed by atoms with E-state index in [1.165, 1.54) is 0 Å². The minimum atomic E-state index is -3.34. The molecule has 0 unspecified atom stereocenters. The fraction of sp³-hybridized carbons (Fsp3) is 0.750. The quantitative estimate of drug-likeness (QED) is 0.656. The van der Waals surface area contributed by atoms with Gasteiger partial charge in [0.15, 0.2) is 15.6 Å². The molecule has 3 fully saturated rings. The first-order valence-corrected chi connectivity index (χ1v) is 13.6. The lowest BCUT2D eigenvalue weighted by molar-refractivity contribution is -0.181. The van der Waals surface area contributed by atoms with Crippen LogP contribution in [0, 0.1) is 5.92 Å². The van der Waals surface area contributed by atoms with Gasteiger partial charge in [0.25, 0.3) is 0 Å². The van der Waals surface area contributed by atoms with Gasteiger partial charge in [-0.15, -0.1) is 0 Å². The molecule has 7 nitrogen and oxygen atoms in total. The van der Waals surface area contributed by atoms with E-state index in [9.17, 15) is 8.42 Å². The molecule has 0 atom stereocenters. The van der Waals surface area contributed by atoms with E-state index in [-0.39, 0.29) is 11.7 Å². The van der Waals surface area contributed by atoms with Crippen molar-refractivity contribution in [3.05, 3.63) is 24.3 Å². The number of benzene rings is 1. The molecule has 188 valence electrons. The molecular weight excluding hydrogens is 443 g/mol. The fourth-order valence-electron chi connectivity index (χ4n) is 4.29. The van der Waals surface area contributed by atoms with Crippen LogP contribution in [0.25, 0.3) is 0 Å². The summed E-state index contributed by atoms with van der Waals surface area (Å²) in [4.78, 5) is 0.353. The first-order valence-electron chi connectivity index (χ1n) is 11.9. The minimum Gasteiger partial charge on any atom is -0.400 e. The third-order valence-corrected chi connectivity index (χ3v) is 8.80. The third kappa shape index (κ3) is 6.38. The Bertz CT molecular complexity index is 820. The molecule has 1 saturated carbocycles. The highest BCUT2D eigenvalue weighted by atomic mass is 32.2. The number of aliphatic hydroxyl groups is 1. The lowest BCUT2D eigenvalue weighted by Crippen LogP contribution is -2.41. The van der Waals surface area contributed by atoms with Gasteiger partial charge in [0, 0.05) is 20.0 Å². The van der Waals surface area contributed by atoms with Crippen molar-refractivity contribution < 1.29 is 32.3 Å². The van der Waals surface area contributed by atoms with Crippen LogP contribution in [-0.4, -0.2) is 63.7 Å². The highest BCUT2D eigenvalue weighted by Crippen LogP contribution is 2.39. The van der Waals surface area contributed by atoms with Gasteiger partial charge in [-0.3, -0.25) is 0 Å². The van der Waals surface area contributed by atoms with Crippen molar-refractivity contribution in [2.75, 3.05) is 26.1 Å². The molecule has 1 spiro atoms. The third-order valence-electron chi connectivity index (χ3n) is 6.90. The molecule has 0 amide bonds. The summed E-state index contributed by atoms with van der Waals surface area (Å²) >= 11 is 0. The molecular formula is C24H41BO7S. The Kier molecular flexibility index (Phi) is 9.58. The molecule has 0 radical (unpaired) electrons. The normalized spacial score (nSPS) is 23.5. The maximum absolute atomic E-state index is 12.9. The van der Waals surface area contributed by atoms with E-state index in [2.05, 4.69) is 0 Å². The maximum Gasteiger partial charge on any atom is 0.494 e. The predicted molar refractivity (Wildman–Crippen MR) is 130 cm³/mol. The zero-order valence-electron chi connectivity index (χ0n) is 21.2. The van der Waals surface area contributed by atoms with Crippen LogP contribution in [0.5, 0.6) is 0 Å². The highest BCUT2D eigenvalue weighted by Gasteiger charge is 2.51. The highest BCUT2D eigenvalue weighted by molar-refractivity contribution is 7.91. The van der Waals surface area contributed by atoms with Crippen molar-refractivity contribution in [2.45, 2.75) is 89.1 Å². The summed E-state index contributed by atoms with van der Waals surface area (Å²) in [5, 5.41) is 7.00. The first-order chi connectivity index (χ1) is 15.5. The Morgan fingerprint density at radius 1 is 0.909 bits per heavy atom. The Hall–Kier alpha value is -0.965. The van der Waals surface area contributed by atoms with E-state index in [4.69, 9.17) is 23.9 Å². The minimum absolute atomic E-state index is 0.140. The second-order valence-electron chi connectivity index (χ2n) is 9.49. The second-order valence-corrected chi connectivity index (χ2v) is 11.5. The Balaban J connectivity index is 0.000000914. The van der Waals surface area contributed by atoms with Crippen molar-refractivity contribution >= 4 is 22.4 Å². The molecule has 3 aliphatic rings. The average molecular weight is 484 g/mol. The van der Waals surface area contributed by atoms with Gasteiger partial charge in [0.1, 0.15) is 0 Å². The largest absolute Gasteiger partial charge is 0.494 e. The van der Waals surface area contributed by atoms with Crippen LogP contribution < -0.4 is 5.46 Å². The van der Waals surface area contributed by atoms with Gasteiger partial charge in [0.2, 0.25) is 0 Å². The van der Waals surface area contributed by atoms with E-state index >= 15 is 0 Å². The zero-order chi connectivity index (χ0) is 24.9. The smallest absolute Gasteiger partial charge is 0.400 e. The van der Waals surface area contributed by atoms with Gasteiger partial charge in [0.05, 0.1) is 35.1 Å². The van der Waals surface area contributed by atoms with Gasteiger partial charge in [-0.05, 0) is 64.1 Å². The van der Waals surface area contributed by atoms with Crippen LogP contribution in [0.1, 0.15) is 67.2 Å². The van der Waals surface area contributed by atoms with Crippen LogP contribution in [0.15, 0.2) is 29.2 Å². The lowest BCUT2D eigenvalue weighted by atomic mass is 9.79. The number of ether oxygens (including phenoxy) is 2. The summed E-state index contributed by atoms with van der Waals surface area (Å²) < 4.78 is 49.4. The summed E-state index contributed by atoms with van der Waals surface area (Å²) in [6, 6.07) is 6.93. The van der Waals surface area contributed by atoms with Gasteiger partial charge >= 0.3 is 7.12 Å². The summed E-state index contributed by atoms with van der Waals surface area (Å²) in [6.45, 7) is 13.3. The summed E-state index contributed by atoms with van der Waals surface area (Å²) in [7, 11) is -2.83. The number of aliphatic hydroxyl groups excluding tert-OH is 1. The van der Waals surface area contributed by atoms with Crippen LogP contribution in [0.4, 0.5) is 0 Å². The fourth-order valence-corrected chi connectivity index (χ4v) is 5.98. The summed E-state index contributed by atoms with van der Waals surface area (Å²) in [5.74, 6) is -0.148. The molecule has 0 aromatic heterocycles. The molecule has 4 rings (SSSR count). The molecule has 2 aliphatic heterocycles. The van der Waals surface area contributed by atoms with Crippen LogP contribution in [0.2, 0.25) is 0 Å². The van der Waals surface area contributed by atoms with Crippen molar-refractivity contribution in [3.8, 4) is 0 Å². The molecule has 2 heterocycles. The Morgan fingerprint density at radius 3 is 1.82 bits per heavy atom. The Labute approximate surface area is 200 Å². The maximum atomic E-state index is 12.9. The average Bonchev–Trinajstić information content (AvgIpc) is 3.34. The summed E-state index contributed by atoms with van der Waals surface area (Å²) in [6.07, 6.45) is 3.17. The van der Waals surface area contributed by atoms with Crippen LogP contribution in [-0.2, 0) is 28.6 Å². The molecule has 33 heavy (non-hydrogen) atoms. The van der Waals surface area contributed by atoms with Crippen molar-refractivity contribution in [1.82, 2.24) is 0 Å². The van der Waals surface area contributed by atoms with E-state index in [1.807, 2.05) is 41.5 Å². The van der Waals surface area contributed by atoms with E-state index < -0.39 is 33.9 Å². The van der Waals surface area contributed by atoms with E-state index in [0.717, 1.165) is 38.3 Å². The number of rotatable bonds is 4. The second kappa shape index (κ2) is 11.2. The van der Waals surface area contributed by atoms with Gasteiger partial charge in [-0.25, -0.2) is 8.42 Å². The monoisotopic (exact) mass is 484 g/mol. The molecule has 1 aromatic carbocycles. The van der Waals surface area contributed by atoms with Crippen molar-refractivity contribution in [1.29, 1.82) is 0 Å². The van der Waals surface area contributed by atoms with Crippen LogP contribution >= 0.6 is 0 Å². The molecule has 1 aromatic rings. The topological polar surface area (TPSA) is 91.3 Å². The van der Waals surface area contributed by atoms with Gasteiger partial charge < -0.3 is 23.9 Å². The SMILES string of the molecule is CC.CC1(C)OB(c2ccc(S(=O)(=O)CC3CCC4(CC3)OCCO4)cc2)OC1(C)C.CO.